The van der Waals surface area contributed by atoms with Crippen LogP contribution in [-0.4, -0.2) is 63.4 Å². The Morgan fingerprint density at radius 1 is 0.911 bits per heavy atom. The average molecular weight is 919 g/mol. The molecule has 1 aromatic rings. The number of ketones is 1. The highest BCUT2D eigenvalue weighted by Gasteiger charge is 2.61. The Balaban J connectivity index is 1.08. The maximum Gasteiger partial charge on any atom is 0.475 e. The number of phosphoric acid groups is 1. The Hall–Kier alpha value is -1.91. The zero-order valence-corrected chi connectivity index (χ0v) is 37.1. The molecule has 0 bridgehead atoms. The van der Waals surface area contributed by atoms with Gasteiger partial charge in [0, 0.05) is 30.9 Å². The summed E-state index contributed by atoms with van der Waals surface area (Å²) in [5, 5.41) is 0. The predicted molar refractivity (Wildman–Crippen MR) is 214 cm³/mol. The second kappa shape index (κ2) is 16.3. The topological polar surface area (TPSA) is 179 Å². The third-order valence-corrected chi connectivity index (χ3v) is 15.8. The highest BCUT2D eigenvalue weighted by molar-refractivity contribution is 14.1. The molecule has 56 heavy (non-hydrogen) atoms. The number of carbonyl (C=O) groups is 3. The Kier molecular flexibility index (Phi) is 12.7. The number of esters is 2. The number of phosphoric ester groups is 1. The number of hydrogen-bond donors (Lipinski definition) is 1. The van der Waals surface area contributed by atoms with Crippen LogP contribution >= 0.6 is 30.4 Å². The number of rotatable bonds is 11. The standard InChI is InChI=1S/C40H60IN2O12P/c1-37(2,3)54-56(49,55-38(4,5)6)50-22-30-29(20-32(51-30)43-21-28(41)35(47)42-36(43)48)52-33(45)13-14-34(46)53-31-12-11-26-25-10-9-23-19-24(44)15-17-39(23,7)27(25)16-18-40(26,31)8/h21,23,25-27,29-32H,9-20,22H2,1-8H3,(H,42,47,48)/t23-,25-,26-,27-,29-,30+,31-,32+,39-,40-/m0/s1. The minimum absolute atomic E-state index is 0.0108. The lowest BCUT2D eigenvalue weighted by molar-refractivity contribution is -0.167. The minimum atomic E-state index is -4.18. The predicted octanol–water partition coefficient (Wildman–Crippen LogP) is 7.40. The lowest BCUT2D eigenvalue weighted by Crippen LogP contribution is -2.54. The van der Waals surface area contributed by atoms with Crippen LogP contribution in [-0.2, 0) is 46.7 Å². The van der Waals surface area contributed by atoms with Crippen LogP contribution in [0, 0.1) is 38.1 Å². The number of hydrogen-bond acceptors (Lipinski definition) is 12. The summed E-state index contributed by atoms with van der Waals surface area (Å²) in [6, 6.07) is 0. The number of aromatic amines is 1. The molecule has 16 heteroatoms. The number of fused-ring (bicyclic) bond motifs is 5. The maximum absolute atomic E-state index is 13.8. The molecule has 4 aliphatic carbocycles. The summed E-state index contributed by atoms with van der Waals surface area (Å²) in [4.78, 5) is 66.0. The summed E-state index contributed by atoms with van der Waals surface area (Å²) in [7, 11) is -4.18. The van der Waals surface area contributed by atoms with Gasteiger partial charge in [0.15, 0.2) is 0 Å². The molecule has 1 saturated heterocycles. The van der Waals surface area contributed by atoms with Gasteiger partial charge < -0.3 is 14.2 Å². The van der Waals surface area contributed by atoms with Crippen molar-refractivity contribution in [3.05, 3.63) is 30.6 Å². The van der Waals surface area contributed by atoms with Gasteiger partial charge in [0.25, 0.3) is 5.56 Å². The van der Waals surface area contributed by atoms with E-state index in [2.05, 4.69) is 18.8 Å². The zero-order valence-electron chi connectivity index (χ0n) is 34.1. The number of nitrogens with zero attached hydrogens (tertiary/aromatic N) is 1. The number of carbonyl (C=O) groups excluding carboxylic acids is 3. The molecule has 4 saturated carbocycles. The zero-order chi connectivity index (χ0) is 41.0. The van der Waals surface area contributed by atoms with Crippen LogP contribution < -0.4 is 11.2 Å². The quantitative estimate of drug-likeness (QED) is 0.132. The first-order valence-corrected chi connectivity index (χ1v) is 22.8. The maximum atomic E-state index is 13.8. The van der Waals surface area contributed by atoms with Gasteiger partial charge in [0.05, 0.1) is 34.2 Å². The molecule has 1 aliphatic heterocycles. The summed E-state index contributed by atoms with van der Waals surface area (Å²) in [5.41, 5.74) is -2.97. The smallest absolute Gasteiger partial charge is 0.462 e. The molecular weight excluding hydrogens is 858 g/mol. The lowest BCUT2D eigenvalue weighted by atomic mass is 9.45. The van der Waals surface area contributed by atoms with E-state index in [1.54, 1.807) is 64.1 Å². The molecule has 314 valence electrons. The van der Waals surface area contributed by atoms with Crippen molar-refractivity contribution < 1.29 is 46.7 Å². The molecular formula is C40H60IN2O12P. The molecule has 1 aromatic heterocycles. The van der Waals surface area contributed by atoms with Crippen LogP contribution in [0.1, 0.15) is 139 Å². The van der Waals surface area contributed by atoms with Gasteiger partial charge in [-0.15, -0.1) is 0 Å². The van der Waals surface area contributed by atoms with Crippen LogP contribution in [0.25, 0.3) is 0 Å². The number of Topliss-reactive ketones (excluding diaryl/α,β-unsaturated/α-hetero) is 1. The van der Waals surface area contributed by atoms with E-state index in [9.17, 15) is 28.5 Å². The van der Waals surface area contributed by atoms with Gasteiger partial charge in [-0.1, -0.05) is 13.8 Å². The third-order valence-electron chi connectivity index (χ3n) is 13.1. The van der Waals surface area contributed by atoms with Crippen LogP contribution in [0.15, 0.2) is 15.8 Å². The van der Waals surface area contributed by atoms with Crippen LogP contribution in [0.4, 0.5) is 0 Å². The van der Waals surface area contributed by atoms with Crippen LogP contribution in [0.5, 0.6) is 0 Å². The number of H-pyrrole nitrogens is 1. The van der Waals surface area contributed by atoms with E-state index in [0.717, 1.165) is 51.4 Å². The molecule has 0 spiro atoms. The number of aromatic nitrogens is 2. The molecule has 6 rings (SSSR count). The summed E-state index contributed by atoms with van der Waals surface area (Å²) < 4.78 is 50.7. The third kappa shape index (κ3) is 9.59. The van der Waals surface area contributed by atoms with Crippen molar-refractivity contribution in [2.24, 2.45) is 34.5 Å². The van der Waals surface area contributed by atoms with Crippen LogP contribution in [0.2, 0.25) is 0 Å². The second-order valence-corrected chi connectivity index (χ2v) is 21.9. The van der Waals surface area contributed by atoms with E-state index in [-0.39, 0.29) is 46.4 Å². The van der Waals surface area contributed by atoms with Gasteiger partial charge in [-0.25, -0.2) is 9.36 Å². The van der Waals surface area contributed by atoms with Gasteiger partial charge in [-0.2, -0.15) is 0 Å². The Bertz CT molecular complexity index is 1810. The van der Waals surface area contributed by atoms with Crippen molar-refractivity contribution in [2.45, 2.75) is 168 Å². The normalized spacial score (nSPS) is 34.7. The lowest BCUT2D eigenvalue weighted by Gasteiger charge is -2.60. The van der Waals surface area contributed by atoms with E-state index in [4.69, 9.17) is 27.8 Å². The molecule has 14 nitrogen and oxygen atoms in total. The molecule has 10 atom stereocenters. The summed E-state index contributed by atoms with van der Waals surface area (Å²) >= 11 is 1.80. The second-order valence-electron chi connectivity index (χ2n) is 19.2. The first kappa shape index (κ1) is 43.7. The van der Waals surface area contributed by atoms with E-state index in [1.807, 2.05) is 0 Å². The monoisotopic (exact) mass is 918 g/mol. The van der Waals surface area contributed by atoms with E-state index < -0.39 is 60.6 Å². The summed E-state index contributed by atoms with van der Waals surface area (Å²) in [5.74, 6) is 1.40. The van der Waals surface area contributed by atoms with E-state index >= 15 is 0 Å². The Morgan fingerprint density at radius 2 is 1.55 bits per heavy atom. The summed E-state index contributed by atoms with van der Waals surface area (Å²) in [6.07, 6.45) is 6.30. The molecule has 0 radical (unpaired) electrons. The minimum Gasteiger partial charge on any atom is -0.462 e. The van der Waals surface area contributed by atoms with Crippen LogP contribution in [0.3, 0.4) is 0 Å². The van der Waals surface area contributed by atoms with Crippen molar-refractivity contribution in [1.82, 2.24) is 9.55 Å². The molecule has 0 amide bonds. The number of halogens is 1. The molecule has 2 heterocycles. The molecule has 0 unspecified atom stereocenters. The first-order chi connectivity index (χ1) is 26.0. The Labute approximate surface area is 342 Å². The van der Waals surface area contributed by atoms with Crippen molar-refractivity contribution in [1.29, 1.82) is 0 Å². The largest absolute Gasteiger partial charge is 0.475 e. The number of ether oxygens (including phenoxy) is 3. The molecule has 0 aromatic carbocycles. The fraction of sp³-hybridized carbons (Fsp3) is 0.825. The number of nitrogens with one attached hydrogen (secondary N) is 1. The van der Waals surface area contributed by atoms with Crippen molar-refractivity contribution in [3.8, 4) is 0 Å². The van der Waals surface area contributed by atoms with E-state index in [1.165, 1.54) is 10.8 Å². The SMILES string of the molecule is CC(C)(C)OP(=O)(OC[C@H]1O[C@@H](n2cc(I)c(=O)[nH]c2=O)C[C@@H]1OC(=O)CCC(=O)O[C@H]1CC[C@H]2[C@@H]3CC[C@H]4CC(=O)CC[C@]4(C)[C@H]3CC[C@]12C)OC(C)(C)C. The molecule has 5 aliphatic rings. The van der Waals surface area contributed by atoms with Crippen molar-refractivity contribution in [2.75, 3.05) is 6.61 Å². The van der Waals surface area contributed by atoms with E-state index in [0.29, 0.717) is 35.9 Å². The van der Waals surface area contributed by atoms with Gasteiger partial charge in [0.2, 0.25) is 0 Å². The van der Waals surface area contributed by atoms with Gasteiger partial charge in [0.1, 0.15) is 30.3 Å². The highest BCUT2D eigenvalue weighted by atomic mass is 127. The summed E-state index contributed by atoms with van der Waals surface area (Å²) in [6.45, 7) is 14.6. The Morgan fingerprint density at radius 3 is 2.21 bits per heavy atom. The van der Waals surface area contributed by atoms with Gasteiger partial charge in [-0.05, 0) is 138 Å². The van der Waals surface area contributed by atoms with Crippen molar-refractivity contribution >= 4 is 48.1 Å². The van der Waals surface area contributed by atoms with Gasteiger partial charge >= 0.3 is 25.5 Å². The fourth-order valence-corrected chi connectivity index (χ4v) is 12.8. The van der Waals surface area contributed by atoms with Gasteiger partial charge in [-0.3, -0.25) is 42.3 Å². The fourth-order valence-electron chi connectivity index (χ4n) is 10.6. The highest BCUT2D eigenvalue weighted by Crippen LogP contribution is 2.66. The first-order valence-electron chi connectivity index (χ1n) is 20.2. The molecule has 1 N–H and O–H groups in total. The van der Waals surface area contributed by atoms with Crippen molar-refractivity contribution in [3.63, 3.8) is 0 Å². The average Bonchev–Trinajstić information content (AvgIpc) is 3.63. The molecule has 5 fully saturated rings.